The van der Waals surface area contributed by atoms with Crippen LogP contribution in [0.3, 0.4) is 0 Å². The number of thiophene rings is 1. The summed E-state index contributed by atoms with van der Waals surface area (Å²) in [5, 5.41) is 12.7. The molecular weight excluding hydrogens is 288 g/mol. The monoisotopic (exact) mass is 312 g/mol. The predicted molar refractivity (Wildman–Crippen MR) is 84.4 cm³/mol. The van der Waals surface area contributed by atoms with Gasteiger partial charge in [-0.15, -0.1) is 0 Å². The van der Waals surface area contributed by atoms with E-state index in [1.54, 1.807) is 23.3 Å². The number of likely N-dealkylation sites (N-methyl/N-ethyl adjacent to an activating group) is 1. The van der Waals surface area contributed by atoms with Crippen molar-refractivity contribution < 1.29 is 14.7 Å². The van der Waals surface area contributed by atoms with Crippen LogP contribution in [0.5, 0.6) is 0 Å². The molecule has 0 unspecified atom stereocenters. The molecule has 1 aromatic heterocycles. The first-order chi connectivity index (χ1) is 9.90. The van der Waals surface area contributed by atoms with Crippen molar-refractivity contribution in [1.82, 2.24) is 9.80 Å². The molecule has 1 heterocycles. The highest BCUT2D eigenvalue weighted by atomic mass is 32.1. The molecule has 1 amide bonds. The molecule has 0 bridgehead atoms. The Morgan fingerprint density at radius 1 is 1.38 bits per heavy atom. The average Bonchev–Trinajstić information content (AvgIpc) is 2.89. The second-order valence-electron chi connectivity index (χ2n) is 5.44. The summed E-state index contributed by atoms with van der Waals surface area (Å²) in [6.07, 6.45) is 0.706. The minimum Gasteiger partial charge on any atom is -0.481 e. The summed E-state index contributed by atoms with van der Waals surface area (Å²) in [5.41, 5.74) is 1.14. The standard InChI is InChI=1S/C15H24N2O3S/c1-12(2)17(7-4-5-15(19)20)10-14(18)16(3)9-13-6-8-21-11-13/h6,8,11-12H,4-5,7,9-10H2,1-3H3,(H,19,20). The average molecular weight is 312 g/mol. The van der Waals surface area contributed by atoms with Crippen molar-refractivity contribution in [3.8, 4) is 0 Å². The zero-order chi connectivity index (χ0) is 15.8. The molecule has 0 aliphatic rings. The van der Waals surface area contributed by atoms with E-state index in [-0.39, 0.29) is 18.4 Å². The minimum absolute atomic E-state index is 0.0604. The smallest absolute Gasteiger partial charge is 0.303 e. The molecule has 21 heavy (non-hydrogen) atoms. The lowest BCUT2D eigenvalue weighted by atomic mass is 10.2. The van der Waals surface area contributed by atoms with Crippen LogP contribution in [0, 0.1) is 0 Å². The minimum atomic E-state index is -0.792. The molecule has 0 radical (unpaired) electrons. The SMILES string of the molecule is CC(C)N(CCCC(=O)O)CC(=O)N(C)Cc1ccsc1. The van der Waals surface area contributed by atoms with Crippen LogP contribution in [0.15, 0.2) is 16.8 Å². The van der Waals surface area contributed by atoms with Gasteiger partial charge >= 0.3 is 5.97 Å². The highest BCUT2D eigenvalue weighted by Crippen LogP contribution is 2.09. The number of nitrogens with zero attached hydrogens (tertiary/aromatic N) is 2. The number of carbonyl (C=O) groups is 2. The van der Waals surface area contributed by atoms with Crippen LogP contribution in [0.4, 0.5) is 0 Å². The van der Waals surface area contributed by atoms with Crippen LogP contribution in [-0.4, -0.2) is 53.0 Å². The summed E-state index contributed by atoms with van der Waals surface area (Å²) in [6.45, 7) is 5.61. The molecule has 1 aromatic rings. The zero-order valence-corrected chi connectivity index (χ0v) is 13.7. The second-order valence-corrected chi connectivity index (χ2v) is 6.22. The van der Waals surface area contributed by atoms with Gasteiger partial charge in [0.25, 0.3) is 0 Å². The van der Waals surface area contributed by atoms with Gasteiger partial charge in [0.2, 0.25) is 5.91 Å². The van der Waals surface area contributed by atoms with E-state index in [9.17, 15) is 9.59 Å². The molecule has 0 spiro atoms. The molecule has 1 N–H and O–H groups in total. The quantitative estimate of drug-likeness (QED) is 0.760. The van der Waals surface area contributed by atoms with Crippen molar-refractivity contribution in [2.24, 2.45) is 0 Å². The Hall–Kier alpha value is -1.40. The van der Waals surface area contributed by atoms with Gasteiger partial charge in [0.15, 0.2) is 0 Å². The number of hydrogen-bond acceptors (Lipinski definition) is 4. The number of rotatable bonds is 9. The van der Waals surface area contributed by atoms with Crippen LogP contribution in [0.25, 0.3) is 0 Å². The van der Waals surface area contributed by atoms with Gasteiger partial charge in [-0.2, -0.15) is 11.3 Å². The fourth-order valence-corrected chi connectivity index (χ4v) is 2.65. The third kappa shape index (κ3) is 6.73. The number of carboxylic acids is 1. The fraction of sp³-hybridized carbons (Fsp3) is 0.600. The van der Waals surface area contributed by atoms with Crippen molar-refractivity contribution in [2.45, 2.75) is 39.3 Å². The van der Waals surface area contributed by atoms with E-state index in [0.29, 0.717) is 26.1 Å². The molecule has 0 aliphatic heterocycles. The van der Waals surface area contributed by atoms with E-state index in [4.69, 9.17) is 5.11 Å². The molecule has 0 aromatic carbocycles. The Labute approximate surface area is 130 Å². The summed E-state index contributed by atoms with van der Waals surface area (Å²) in [5.74, 6) is -0.732. The summed E-state index contributed by atoms with van der Waals surface area (Å²) < 4.78 is 0. The number of carboxylic acid groups (broad SMARTS) is 1. The van der Waals surface area contributed by atoms with Gasteiger partial charge in [0.1, 0.15) is 0 Å². The van der Waals surface area contributed by atoms with Gasteiger partial charge < -0.3 is 10.0 Å². The van der Waals surface area contributed by atoms with Crippen molar-refractivity contribution in [3.63, 3.8) is 0 Å². The number of amides is 1. The van der Waals surface area contributed by atoms with Crippen molar-refractivity contribution in [1.29, 1.82) is 0 Å². The molecule has 0 saturated carbocycles. The Bertz CT molecular complexity index is 446. The van der Waals surface area contributed by atoms with Crippen LogP contribution >= 0.6 is 11.3 Å². The van der Waals surface area contributed by atoms with Crippen LogP contribution < -0.4 is 0 Å². The molecule has 1 rings (SSSR count). The van der Waals surface area contributed by atoms with E-state index in [2.05, 4.69) is 0 Å². The Morgan fingerprint density at radius 2 is 2.10 bits per heavy atom. The predicted octanol–water partition coefficient (Wildman–Crippen LogP) is 2.28. The molecule has 118 valence electrons. The van der Waals surface area contributed by atoms with Gasteiger partial charge in [-0.1, -0.05) is 0 Å². The number of aliphatic carboxylic acids is 1. The topological polar surface area (TPSA) is 60.9 Å². The zero-order valence-electron chi connectivity index (χ0n) is 12.9. The Morgan fingerprint density at radius 3 is 2.62 bits per heavy atom. The summed E-state index contributed by atoms with van der Waals surface area (Å²) in [7, 11) is 1.80. The maximum Gasteiger partial charge on any atom is 0.303 e. The highest BCUT2D eigenvalue weighted by Gasteiger charge is 2.17. The van der Waals surface area contributed by atoms with E-state index >= 15 is 0 Å². The lowest BCUT2D eigenvalue weighted by molar-refractivity contribution is -0.137. The fourth-order valence-electron chi connectivity index (χ4n) is 1.99. The van der Waals surface area contributed by atoms with Gasteiger partial charge in [-0.25, -0.2) is 0 Å². The summed E-state index contributed by atoms with van der Waals surface area (Å²) in [6, 6.07) is 2.24. The van der Waals surface area contributed by atoms with Crippen LogP contribution in [0.2, 0.25) is 0 Å². The van der Waals surface area contributed by atoms with Crippen molar-refractivity contribution in [2.75, 3.05) is 20.1 Å². The first-order valence-corrected chi connectivity index (χ1v) is 8.05. The van der Waals surface area contributed by atoms with Crippen LogP contribution in [0.1, 0.15) is 32.3 Å². The lowest BCUT2D eigenvalue weighted by Crippen LogP contribution is -2.41. The van der Waals surface area contributed by atoms with Gasteiger partial charge in [-0.05, 0) is 49.2 Å². The lowest BCUT2D eigenvalue weighted by Gasteiger charge is -2.28. The molecule has 0 saturated heterocycles. The van der Waals surface area contributed by atoms with Crippen molar-refractivity contribution >= 4 is 23.2 Å². The van der Waals surface area contributed by atoms with Gasteiger partial charge in [-0.3, -0.25) is 14.5 Å². The largest absolute Gasteiger partial charge is 0.481 e. The Kier molecular flexibility index (Phi) is 7.39. The summed E-state index contributed by atoms with van der Waals surface area (Å²) >= 11 is 1.62. The number of hydrogen-bond donors (Lipinski definition) is 1. The summed E-state index contributed by atoms with van der Waals surface area (Å²) in [4.78, 5) is 26.6. The molecule has 0 aliphatic carbocycles. The third-order valence-corrected chi connectivity index (χ3v) is 4.06. The van der Waals surface area contributed by atoms with Crippen molar-refractivity contribution in [3.05, 3.63) is 22.4 Å². The van der Waals surface area contributed by atoms with Gasteiger partial charge in [0, 0.05) is 26.1 Å². The normalized spacial score (nSPS) is 11.1. The molecule has 5 nitrogen and oxygen atoms in total. The highest BCUT2D eigenvalue weighted by molar-refractivity contribution is 7.07. The molecule has 0 atom stereocenters. The number of carbonyl (C=O) groups excluding carboxylic acids is 1. The van der Waals surface area contributed by atoms with E-state index in [0.717, 1.165) is 5.56 Å². The van der Waals surface area contributed by atoms with E-state index in [1.165, 1.54) is 0 Å². The first-order valence-electron chi connectivity index (χ1n) is 7.11. The molecule has 0 fully saturated rings. The van der Waals surface area contributed by atoms with E-state index < -0.39 is 5.97 Å². The van der Waals surface area contributed by atoms with Crippen LogP contribution in [-0.2, 0) is 16.1 Å². The van der Waals surface area contributed by atoms with Gasteiger partial charge in [0.05, 0.1) is 6.54 Å². The molecular formula is C15H24N2O3S. The maximum absolute atomic E-state index is 12.3. The molecule has 6 heteroatoms. The van der Waals surface area contributed by atoms with E-state index in [1.807, 2.05) is 35.6 Å². The first kappa shape index (κ1) is 17.7. The Balaban J connectivity index is 2.45. The second kappa shape index (κ2) is 8.79. The third-order valence-electron chi connectivity index (χ3n) is 3.33. The maximum atomic E-state index is 12.3.